The van der Waals surface area contributed by atoms with E-state index in [1.807, 2.05) is 0 Å². The molecular weight excluding hydrogens is 725 g/mol. The third kappa shape index (κ3) is 6.14. The van der Waals surface area contributed by atoms with E-state index in [1.165, 1.54) is 71.5 Å². The predicted octanol–water partition coefficient (Wildman–Crippen LogP) is 16.1. The Morgan fingerprint density at radius 3 is 1.48 bits per heavy atom. The van der Waals surface area contributed by atoms with Crippen LogP contribution in [0.4, 0.5) is 17.1 Å². The molecule has 282 valence electrons. The van der Waals surface area contributed by atoms with E-state index < -0.39 is 0 Å². The summed E-state index contributed by atoms with van der Waals surface area (Å²) in [4.78, 5) is 2.43. The summed E-state index contributed by atoms with van der Waals surface area (Å²) in [5, 5.41) is 4.99. The normalized spacial score (nSPS) is 11.3. The smallest absolute Gasteiger partial charge is 0.0541 e. The van der Waals surface area contributed by atoms with Crippen molar-refractivity contribution in [1.29, 1.82) is 0 Å². The van der Waals surface area contributed by atoms with Gasteiger partial charge in [0.2, 0.25) is 0 Å². The van der Waals surface area contributed by atoms with E-state index in [2.05, 4.69) is 252 Å². The summed E-state index contributed by atoms with van der Waals surface area (Å²) < 4.78 is 2.40. The Hall–Kier alpha value is -7.94. The summed E-state index contributed by atoms with van der Waals surface area (Å²) in [7, 11) is 0. The zero-order chi connectivity index (χ0) is 39.8. The van der Waals surface area contributed by atoms with Gasteiger partial charge in [-0.2, -0.15) is 0 Å². The van der Waals surface area contributed by atoms with Gasteiger partial charge in [-0.1, -0.05) is 194 Å². The van der Waals surface area contributed by atoms with Crippen LogP contribution in [0.2, 0.25) is 0 Å². The second kappa shape index (κ2) is 15.1. The first kappa shape index (κ1) is 35.2. The molecule has 0 aliphatic rings. The maximum absolute atomic E-state index is 2.43. The van der Waals surface area contributed by atoms with Gasteiger partial charge in [0.1, 0.15) is 0 Å². The number of fused-ring (bicyclic) bond motifs is 4. The third-order valence-corrected chi connectivity index (χ3v) is 11.8. The molecule has 1 heterocycles. The first-order chi connectivity index (χ1) is 29.8. The molecule has 1 aromatic heterocycles. The monoisotopic (exact) mass is 764 g/mol. The highest BCUT2D eigenvalue weighted by Gasteiger charge is 2.21. The van der Waals surface area contributed by atoms with Crippen molar-refractivity contribution in [2.24, 2.45) is 0 Å². The van der Waals surface area contributed by atoms with Crippen LogP contribution in [-0.2, 0) is 0 Å². The summed E-state index contributed by atoms with van der Waals surface area (Å²) in [5.41, 5.74) is 16.3. The van der Waals surface area contributed by atoms with Crippen molar-refractivity contribution in [1.82, 2.24) is 4.57 Å². The minimum absolute atomic E-state index is 1.07. The molecule has 0 saturated heterocycles. The number of hydrogen-bond acceptors (Lipinski definition) is 1. The van der Waals surface area contributed by atoms with Gasteiger partial charge in [0, 0.05) is 33.4 Å². The zero-order valence-electron chi connectivity index (χ0n) is 33.0. The Morgan fingerprint density at radius 2 is 0.767 bits per heavy atom. The molecule has 0 aliphatic carbocycles. The van der Waals surface area contributed by atoms with E-state index in [4.69, 9.17) is 0 Å². The van der Waals surface area contributed by atoms with Crippen molar-refractivity contribution < 1.29 is 0 Å². The Labute approximate surface area is 350 Å². The van der Waals surface area contributed by atoms with Crippen molar-refractivity contribution in [2.45, 2.75) is 0 Å². The summed E-state index contributed by atoms with van der Waals surface area (Å²) in [5.74, 6) is 0. The number of hydrogen-bond donors (Lipinski definition) is 0. The van der Waals surface area contributed by atoms with Gasteiger partial charge in [-0.3, -0.25) is 0 Å². The van der Waals surface area contributed by atoms with E-state index in [0.29, 0.717) is 0 Å². The fourth-order valence-corrected chi connectivity index (χ4v) is 9.10. The molecule has 2 heteroatoms. The molecule has 0 atom stereocenters. The molecule has 0 bridgehead atoms. The number of para-hydroxylation sites is 3. The summed E-state index contributed by atoms with van der Waals surface area (Å²) >= 11 is 0. The molecule has 2 nitrogen and oxygen atoms in total. The Balaban J connectivity index is 1.12. The fraction of sp³-hybridized carbons (Fsp3) is 0. The molecule has 0 radical (unpaired) electrons. The number of rotatable bonds is 8. The molecule has 0 fully saturated rings. The second-order valence-corrected chi connectivity index (χ2v) is 15.3. The van der Waals surface area contributed by atoms with Gasteiger partial charge in [-0.15, -0.1) is 0 Å². The van der Waals surface area contributed by atoms with Gasteiger partial charge in [0.05, 0.1) is 16.7 Å². The van der Waals surface area contributed by atoms with Crippen LogP contribution < -0.4 is 4.90 Å². The SMILES string of the molecule is c1ccc(-c2ccccc2-c2ccccc2-c2ccccc2N(c2ccc(-c3cccc4ccccc34)cc2)c2cccc(-n3c4ccccc4c4ccccc43)c2)cc1. The van der Waals surface area contributed by atoms with Crippen LogP contribution in [-0.4, -0.2) is 4.57 Å². The van der Waals surface area contributed by atoms with Crippen LogP contribution in [0.25, 0.3) is 82.8 Å². The zero-order valence-corrected chi connectivity index (χ0v) is 33.0. The Morgan fingerprint density at radius 1 is 0.283 bits per heavy atom. The van der Waals surface area contributed by atoms with Crippen LogP contribution in [0.3, 0.4) is 0 Å². The van der Waals surface area contributed by atoms with Crippen LogP contribution >= 0.6 is 0 Å². The maximum Gasteiger partial charge on any atom is 0.0541 e. The second-order valence-electron chi connectivity index (χ2n) is 15.3. The highest BCUT2D eigenvalue weighted by Crippen LogP contribution is 2.46. The number of benzene rings is 10. The summed E-state index contributed by atoms with van der Waals surface area (Å²) in [6.07, 6.45) is 0. The minimum atomic E-state index is 1.07. The third-order valence-electron chi connectivity index (χ3n) is 11.8. The maximum atomic E-state index is 2.43. The molecule has 0 unspecified atom stereocenters. The van der Waals surface area contributed by atoms with E-state index in [9.17, 15) is 0 Å². The van der Waals surface area contributed by atoms with Crippen LogP contribution in [0.1, 0.15) is 0 Å². The Kier molecular flexibility index (Phi) is 8.87. The lowest BCUT2D eigenvalue weighted by molar-refractivity contribution is 1.17. The molecule has 0 amide bonds. The lowest BCUT2D eigenvalue weighted by Gasteiger charge is -2.29. The largest absolute Gasteiger partial charge is 0.310 e. The molecule has 0 spiro atoms. The minimum Gasteiger partial charge on any atom is -0.310 e. The van der Waals surface area contributed by atoms with Crippen molar-refractivity contribution >= 4 is 49.6 Å². The van der Waals surface area contributed by atoms with Gasteiger partial charge in [-0.05, 0) is 98.2 Å². The first-order valence-corrected chi connectivity index (χ1v) is 20.6. The Bertz CT molecular complexity index is 3260. The highest BCUT2D eigenvalue weighted by molar-refractivity contribution is 6.09. The van der Waals surface area contributed by atoms with Gasteiger partial charge >= 0.3 is 0 Å². The van der Waals surface area contributed by atoms with E-state index in [1.54, 1.807) is 0 Å². The summed E-state index contributed by atoms with van der Waals surface area (Å²) in [6, 6.07) is 87.9. The molecule has 11 aromatic rings. The lowest BCUT2D eigenvalue weighted by Crippen LogP contribution is -2.12. The first-order valence-electron chi connectivity index (χ1n) is 20.6. The molecule has 0 saturated carbocycles. The van der Waals surface area contributed by atoms with E-state index in [0.717, 1.165) is 28.3 Å². The standard InChI is InChI=1S/C58H40N2/c1-2-18-41(19-3-1)49-25-6-7-26-50(49)51-27-8-9-28-52(51)53-29-10-13-33-56(53)59(44-38-36-43(37-39-44)48-32-16-21-42-20-4-5-24-47(42)48)45-22-17-23-46(40-45)60-57-34-14-11-30-54(57)55-31-12-15-35-58(55)60/h1-40H. The average molecular weight is 765 g/mol. The van der Waals surface area contributed by atoms with E-state index in [-0.39, 0.29) is 0 Å². The predicted molar refractivity (Wildman–Crippen MR) is 255 cm³/mol. The van der Waals surface area contributed by atoms with Gasteiger partial charge in [0.25, 0.3) is 0 Å². The fourth-order valence-electron chi connectivity index (χ4n) is 9.10. The summed E-state index contributed by atoms with van der Waals surface area (Å²) in [6.45, 7) is 0. The lowest BCUT2D eigenvalue weighted by atomic mass is 9.88. The van der Waals surface area contributed by atoms with Crippen molar-refractivity contribution in [3.8, 4) is 50.2 Å². The van der Waals surface area contributed by atoms with Crippen LogP contribution in [0.5, 0.6) is 0 Å². The van der Waals surface area contributed by atoms with Crippen molar-refractivity contribution in [2.75, 3.05) is 4.90 Å². The van der Waals surface area contributed by atoms with Crippen molar-refractivity contribution in [3.05, 3.63) is 243 Å². The topological polar surface area (TPSA) is 8.17 Å². The van der Waals surface area contributed by atoms with Crippen LogP contribution in [0.15, 0.2) is 243 Å². The van der Waals surface area contributed by atoms with Crippen LogP contribution in [0, 0.1) is 0 Å². The molecule has 60 heavy (non-hydrogen) atoms. The highest BCUT2D eigenvalue weighted by atomic mass is 15.1. The number of nitrogens with zero attached hydrogens (tertiary/aromatic N) is 2. The molecule has 0 aliphatic heterocycles. The van der Waals surface area contributed by atoms with Gasteiger partial charge < -0.3 is 9.47 Å². The van der Waals surface area contributed by atoms with Gasteiger partial charge in [0.15, 0.2) is 0 Å². The molecular formula is C58H40N2. The number of aromatic nitrogens is 1. The molecule has 0 N–H and O–H groups in total. The quantitative estimate of drug-likeness (QED) is 0.150. The average Bonchev–Trinajstić information content (AvgIpc) is 3.67. The number of anilines is 3. The van der Waals surface area contributed by atoms with Crippen molar-refractivity contribution in [3.63, 3.8) is 0 Å². The van der Waals surface area contributed by atoms with Gasteiger partial charge in [-0.25, -0.2) is 0 Å². The van der Waals surface area contributed by atoms with E-state index >= 15 is 0 Å². The molecule has 10 aromatic carbocycles. The molecule has 11 rings (SSSR count).